The van der Waals surface area contributed by atoms with Crippen molar-refractivity contribution in [2.24, 2.45) is 5.92 Å². The molecule has 0 amide bonds. The Morgan fingerprint density at radius 2 is 1.67 bits per heavy atom. The zero-order valence-corrected chi connectivity index (χ0v) is 4.70. The van der Waals surface area contributed by atoms with Crippen molar-refractivity contribution in [1.82, 2.24) is 0 Å². The smallest absolute Gasteiger partial charge is 0.0313 e. The normalized spacial score (nSPS) is 62.5. The zero-order chi connectivity index (χ0) is 4.20. The van der Waals surface area contributed by atoms with Crippen LogP contribution < -0.4 is 0 Å². The molecule has 6 heavy (non-hydrogen) atoms. The second kappa shape index (κ2) is 0.622. The Hall–Kier alpha value is 0.217. The lowest BCUT2D eigenvalue weighted by atomic mass is 9.55. The molecule has 0 atom stereocenters. The van der Waals surface area contributed by atoms with Crippen LogP contribution >= 0.6 is 0 Å². The summed E-state index contributed by atoms with van der Waals surface area (Å²) in [5.41, 5.74) is 0. The lowest BCUT2D eigenvalue weighted by Gasteiger charge is -2.60. The van der Waals surface area contributed by atoms with Crippen LogP contribution in [-0.4, -0.2) is 10.2 Å². The molecular weight excluding hydrogens is 88.1 g/mol. The van der Waals surface area contributed by atoms with Crippen LogP contribution in [0.25, 0.3) is 0 Å². The van der Waals surface area contributed by atoms with Crippen molar-refractivity contribution in [2.45, 2.75) is 24.3 Å². The molecule has 0 nitrogen and oxygen atoms in total. The topological polar surface area (TPSA) is 0 Å². The molecule has 0 heterocycles. The molecule has 2 bridgehead atoms. The van der Waals surface area contributed by atoms with Crippen molar-refractivity contribution in [2.75, 3.05) is 0 Å². The van der Waals surface area contributed by atoms with E-state index < -0.39 is 0 Å². The van der Waals surface area contributed by atoms with E-state index in [9.17, 15) is 0 Å². The summed E-state index contributed by atoms with van der Waals surface area (Å²) >= 11 is 0. The van der Waals surface area contributed by atoms with Gasteiger partial charge in [0.15, 0.2) is 0 Å². The molecule has 0 spiro atoms. The van der Waals surface area contributed by atoms with E-state index in [0.29, 0.717) is 5.04 Å². The van der Waals surface area contributed by atoms with Gasteiger partial charge in [0, 0.05) is 10.2 Å². The molecular formula is C5H7Si. The maximum absolute atomic E-state index is 3.68. The Kier molecular flexibility index (Phi) is 0.337. The van der Waals surface area contributed by atoms with Gasteiger partial charge in [-0.2, -0.15) is 0 Å². The predicted octanol–water partition coefficient (Wildman–Crippen LogP) is 1.13. The van der Waals surface area contributed by atoms with Crippen molar-refractivity contribution in [3.63, 3.8) is 0 Å². The molecule has 0 aliphatic heterocycles. The molecule has 0 saturated heterocycles. The third-order valence-corrected chi connectivity index (χ3v) is 2.65. The van der Waals surface area contributed by atoms with E-state index >= 15 is 0 Å². The highest BCUT2D eigenvalue weighted by molar-refractivity contribution is 6.17. The fourth-order valence-corrected chi connectivity index (χ4v) is 2.34. The highest BCUT2D eigenvalue weighted by Gasteiger charge is 2.52. The van der Waals surface area contributed by atoms with Crippen LogP contribution in [0.4, 0.5) is 0 Å². The predicted molar refractivity (Wildman–Crippen MR) is 25.8 cm³/mol. The van der Waals surface area contributed by atoms with Gasteiger partial charge in [-0.1, -0.05) is 0 Å². The largest absolute Gasteiger partial charge is 0.0479 e. The third-order valence-electron chi connectivity index (χ3n) is 2.04. The summed E-state index contributed by atoms with van der Waals surface area (Å²) in [6.07, 6.45) is 4.39. The summed E-state index contributed by atoms with van der Waals surface area (Å²) in [7, 11) is 3.68. The molecule has 3 aliphatic rings. The van der Waals surface area contributed by atoms with Crippen LogP contribution in [0.3, 0.4) is 0 Å². The third kappa shape index (κ3) is 0.188. The van der Waals surface area contributed by atoms with Gasteiger partial charge in [0.2, 0.25) is 0 Å². The van der Waals surface area contributed by atoms with Crippen molar-refractivity contribution in [3.8, 4) is 0 Å². The lowest BCUT2D eigenvalue weighted by molar-refractivity contribution is 0.0410. The number of hydrogen-bond acceptors (Lipinski definition) is 0. The van der Waals surface area contributed by atoms with E-state index in [2.05, 4.69) is 10.2 Å². The quantitative estimate of drug-likeness (QED) is 0.396. The van der Waals surface area contributed by atoms with Crippen LogP contribution in [0.1, 0.15) is 19.3 Å². The van der Waals surface area contributed by atoms with Crippen molar-refractivity contribution in [1.29, 1.82) is 0 Å². The molecule has 0 unspecified atom stereocenters. The molecule has 0 aromatic carbocycles. The van der Waals surface area contributed by atoms with E-state index in [0.717, 1.165) is 5.92 Å². The zero-order valence-electron chi connectivity index (χ0n) is 3.70. The first-order chi connectivity index (χ1) is 2.79. The van der Waals surface area contributed by atoms with Gasteiger partial charge in [-0.05, 0) is 30.2 Å². The maximum Gasteiger partial charge on any atom is 0.0313 e. The van der Waals surface area contributed by atoms with Crippen LogP contribution in [0.15, 0.2) is 0 Å². The number of hydrogen-bond donors (Lipinski definition) is 0. The van der Waals surface area contributed by atoms with Crippen molar-refractivity contribution < 1.29 is 0 Å². The standard InChI is InChI=1S/C5H7Si/c6-5-1-4(2-5)3-5/h4H,1-3H2. The molecule has 0 N–H and O–H groups in total. The van der Waals surface area contributed by atoms with E-state index in [-0.39, 0.29) is 0 Å². The first kappa shape index (κ1) is 3.25. The van der Waals surface area contributed by atoms with Crippen LogP contribution in [0, 0.1) is 5.92 Å². The molecule has 3 saturated carbocycles. The van der Waals surface area contributed by atoms with Gasteiger partial charge in [0.05, 0.1) is 0 Å². The molecule has 3 rings (SSSR count). The fourth-order valence-electron chi connectivity index (χ4n) is 1.48. The Morgan fingerprint density at radius 3 is 1.67 bits per heavy atom. The lowest BCUT2D eigenvalue weighted by Crippen LogP contribution is -2.45. The van der Waals surface area contributed by atoms with Crippen LogP contribution in [-0.2, 0) is 0 Å². The average molecular weight is 95.2 g/mol. The van der Waals surface area contributed by atoms with Crippen molar-refractivity contribution >= 4 is 10.2 Å². The maximum atomic E-state index is 3.68. The molecule has 0 aromatic heterocycles. The Bertz CT molecular complexity index is 70.9. The fraction of sp³-hybridized carbons (Fsp3) is 1.00. The molecule has 3 aliphatic carbocycles. The van der Waals surface area contributed by atoms with Gasteiger partial charge in [0.25, 0.3) is 0 Å². The Morgan fingerprint density at radius 1 is 1.33 bits per heavy atom. The highest BCUT2D eigenvalue weighted by Crippen LogP contribution is 2.68. The SMILES string of the molecule is [Si]C12CC(C1)C2. The monoisotopic (exact) mass is 95.0 g/mol. The van der Waals surface area contributed by atoms with Gasteiger partial charge in [-0.3, -0.25) is 0 Å². The number of rotatable bonds is 0. The minimum absolute atomic E-state index is 0.671. The van der Waals surface area contributed by atoms with Gasteiger partial charge in [0.1, 0.15) is 0 Å². The molecule has 0 aromatic rings. The van der Waals surface area contributed by atoms with Gasteiger partial charge in [-0.25, -0.2) is 0 Å². The summed E-state index contributed by atoms with van der Waals surface area (Å²) in [4.78, 5) is 0. The van der Waals surface area contributed by atoms with E-state index in [4.69, 9.17) is 0 Å². The van der Waals surface area contributed by atoms with Gasteiger partial charge >= 0.3 is 0 Å². The summed E-state index contributed by atoms with van der Waals surface area (Å²) in [5.74, 6) is 1.13. The Labute approximate surface area is 41.4 Å². The van der Waals surface area contributed by atoms with E-state index in [1.54, 1.807) is 0 Å². The summed E-state index contributed by atoms with van der Waals surface area (Å²) in [6, 6.07) is 0. The van der Waals surface area contributed by atoms with E-state index in [1.165, 1.54) is 19.3 Å². The molecule has 3 radical (unpaired) electrons. The highest BCUT2D eigenvalue weighted by atomic mass is 28.1. The Balaban J connectivity index is 2.19. The molecule has 31 valence electrons. The van der Waals surface area contributed by atoms with Crippen LogP contribution in [0.2, 0.25) is 5.04 Å². The van der Waals surface area contributed by atoms with E-state index in [1.807, 2.05) is 0 Å². The van der Waals surface area contributed by atoms with Gasteiger partial charge < -0.3 is 0 Å². The van der Waals surface area contributed by atoms with Crippen LogP contribution in [0.5, 0.6) is 0 Å². The molecule has 3 fully saturated rings. The minimum atomic E-state index is 0.671. The van der Waals surface area contributed by atoms with Crippen molar-refractivity contribution in [3.05, 3.63) is 0 Å². The summed E-state index contributed by atoms with van der Waals surface area (Å²) < 4.78 is 0. The molecule has 1 heteroatoms. The average Bonchev–Trinajstić information content (AvgIpc) is 1.24. The first-order valence-corrected chi connectivity index (χ1v) is 3.04. The second-order valence-electron chi connectivity index (χ2n) is 2.76. The summed E-state index contributed by atoms with van der Waals surface area (Å²) in [5, 5.41) is 0.671. The summed E-state index contributed by atoms with van der Waals surface area (Å²) in [6.45, 7) is 0. The minimum Gasteiger partial charge on any atom is -0.0479 e. The first-order valence-electron chi connectivity index (χ1n) is 2.54. The van der Waals surface area contributed by atoms with Gasteiger partial charge in [-0.15, -0.1) is 0 Å². The second-order valence-corrected chi connectivity index (χ2v) is 3.82.